The number of benzene rings is 2. The van der Waals surface area contributed by atoms with Gasteiger partial charge in [-0.1, -0.05) is 43.3 Å². The van der Waals surface area contributed by atoms with Crippen molar-refractivity contribution in [3.63, 3.8) is 0 Å². The number of aromatic hydroxyl groups is 1. The van der Waals surface area contributed by atoms with Crippen molar-refractivity contribution in [2.45, 2.75) is 13.3 Å². The van der Waals surface area contributed by atoms with Crippen molar-refractivity contribution in [2.75, 3.05) is 0 Å². The molecule has 0 aliphatic carbocycles. The molecule has 1 N–H and O–H groups in total. The lowest BCUT2D eigenvalue weighted by Crippen LogP contribution is -1.87. The van der Waals surface area contributed by atoms with E-state index in [2.05, 4.69) is 0 Å². The van der Waals surface area contributed by atoms with Gasteiger partial charge in [-0.05, 0) is 17.5 Å². The van der Waals surface area contributed by atoms with E-state index in [1.807, 2.05) is 43.3 Å². The fourth-order valence-corrected chi connectivity index (χ4v) is 1.71. The van der Waals surface area contributed by atoms with Crippen LogP contribution in [0.5, 0.6) is 5.75 Å². The third-order valence-electron chi connectivity index (χ3n) is 2.73. The van der Waals surface area contributed by atoms with Gasteiger partial charge in [0.05, 0.1) is 0 Å². The number of carbonyl (C=O) groups excluding carboxylic acids is 1. The molecule has 0 amide bonds. The molecule has 0 aliphatic rings. The van der Waals surface area contributed by atoms with Gasteiger partial charge in [0.1, 0.15) is 5.75 Å². The molecule has 0 saturated carbocycles. The minimum absolute atomic E-state index is 0.0533. The summed E-state index contributed by atoms with van der Waals surface area (Å²) in [7, 11) is 0. The summed E-state index contributed by atoms with van der Waals surface area (Å²) in [5, 5.41) is 11.9. The second-order valence-corrected chi connectivity index (χ2v) is 3.88. The second-order valence-electron chi connectivity index (χ2n) is 3.88. The zero-order valence-electron chi connectivity index (χ0n) is 9.68. The maximum Gasteiger partial charge on any atom is 0.155 e. The Morgan fingerprint density at radius 2 is 2.00 bits per heavy atom. The van der Waals surface area contributed by atoms with E-state index >= 15 is 0 Å². The molecule has 2 aromatic carbocycles. The summed E-state index contributed by atoms with van der Waals surface area (Å²) in [5.74, 6) is 0.279. The highest BCUT2D eigenvalue weighted by molar-refractivity contribution is 5.96. The number of rotatable bonds is 3. The van der Waals surface area contributed by atoms with Gasteiger partial charge in [-0.3, -0.25) is 4.79 Å². The van der Waals surface area contributed by atoms with Gasteiger partial charge in [0, 0.05) is 17.4 Å². The molecule has 0 aliphatic heterocycles. The third kappa shape index (κ3) is 2.36. The van der Waals surface area contributed by atoms with E-state index < -0.39 is 0 Å². The number of allylic oxidation sites excluding steroid dienone is 1. The van der Waals surface area contributed by atoms with Gasteiger partial charge in [-0.15, -0.1) is 0 Å². The van der Waals surface area contributed by atoms with Crippen LogP contribution >= 0.6 is 0 Å². The molecule has 2 rings (SSSR count). The summed E-state index contributed by atoms with van der Waals surface area (Å²) >= 11 is 0. The molecule has 0 unspecified atom stereocenters. The zero-order chi connectivity index (χ0) is 12.3. The molecule has 0 radical (unpaired) electrons. The molecule has 2 nitrogen and oxygen atoms in total. The topological polar surface area (TPSA) is 37.3 Å². The van der Waals surface area contributed by atoms with Gasteiger partial charge in [0.25, 0.3) is 0 Å². The standard InChI is InChI=1S/C15H14O2/c1-2-13(16)10-9-12-8-7-11-5-3-4-6-14(11)15(12)17/h3-10,17H,2H2,1H3. The number of carbonyl (C=O) groups is 1. The van der Waals surface area contributed by atoms with Crippen LogP contribution < -0.4 is 0 Å². The molecule has 0 bridgehead atoms. The van der Waals surface area contributed by atoms with Crippen LogP contribution in [0.25, 0.3) is 16.8 Å². The van der Waals surface area contributed by atoms with Crippen LogP contribution in [0.1, 0.15) is 18.9 Å². The maximum atomic E-state index is 11.2. The molecule has 0 heterocycles. The van der Waals surface area contributed by atoms with E-state index in [0.29, 0.717) is 12.0 Å². The molecule has 0 saturated heterocycles. The van der Waals surface area contributed by atoms with E-state index in [1.54, 1.807) is 6.08 Å². The van der Waals surface area contributed by atoms with Crippen molar-refractivity contribution in [2.24, 2.45) is 0 Å². The number of hydrogen-bond donors (Lipinski definition) is 1. The van der Waals surface area contributed by atoms with Gasteiger partial charge in [0.15, 0.2) is 5.78 Å². The highest BCUT2D eigenvalue weighted by atomic mass is 16.3. The third-order valence-corrected chi connectivity index (χ3v) is 2.73. The predicted octanol–water partition coefficient (Wildman–Crippen LogP) is 3.54. The monoisotopic (exact) mass is 226 g/mol. The SMILES string of the molecule is CCC(=O)C=Cc1ccc2ccccc2c1O. The summed E-state index contributed by atoms with van der Waals surface area (Å²) in [4.78, 5) is 11.2. The Balaban J connectivity index is 2.46. The molecule has 0 spiro atoms. The smallest absolute Gasteiger partial charge is 0.155 e. The van der Waals surface area contributed by atoms with Gasteiger partial charge >= 0.3 is 0 Å². The van der Waals surface area contributed by atoms with Crippen molar-refractivity contribution >= 4 is 22.6 Å². The molecule has 2 heteroatoms. The van der Waals surface area contributed by atoms with Gasteiger partial charge < -0.3 is 5.11 Å². The molecule has 86 valence electrons. The quantitative estimate of drug-likeness (QED) is 0.813. The lowest BCUT2D eigenvalue weighted by Gasteiger charge is -2.04. The van der Waals surface area contributed by atoms with Crippen LogP contribution in [0, 0.1) is 0 Å². The van der Waals surface area contributed by atoms with E-state index in [1.165, 1.54) is 6.08 Å². The Bertz CT molecular complexity index is 582. The summed E-state index contributed by atoms with van der Waals surface area (Å²) in [6.07, 6.45) is 3.64. The van der Waals surface area contributed by atoms with Crippen molar-refractivity contribution in [1.29, 1.82) is 0 Å². The van der Waals surface area contributed by atoms with Gasteiger partial charge in [-0.2, -0.15) is 0 Å². The molecule has 0 fully saturated rings. The lowest BCUT2D eigenvalue weighted by molar-refractivity contribution is -0.114. The van der Waals surface area contributed by atoms with Gasteiger partial charge in [-0.25, -0.2) is 0 Å². The summed E-state index contributed by atoms with van der Waals surface area (Å²) in [6.45, 7) is 1.81. The lowest BCUT2D eigenvalue weighted by atomic mass is 10.0. The van der Waals surface area contributed by atoms with Crippen molar-refractivity contribution in [1.82, 2.24) is 0 Å². The molecular weight excluding hydrogens is 212 g/mol. The van der Waals surface area contributed by atoms with Crippen molar-refractivity contribution < 1.29 is 9.90 Å². The van der Waals surface area contributed by atoms with E-state index in [9.17, 15) is 9.90 Å². The number of fused-ring (bicyclic) bond motifs is 1. The number of hydrogen-bond acceptors (Lipinski definition) is 2. The Morgan fingerprint density at radius 1 is 1.24 bits per heavy atom. The van der Waals surface area contributed by atoms with Crippen LogP contribution in [0.3, 0.4) is 0 Å². The molecule has 2 aromatic rings. The second kappa shape index (κ2) is 4.83. The average molecular weight is 226 g/mol. The summed E-state index contributed by atoms with van der Waals surface area (Å²) in [5.41, 5.74) is 0.672. The first-order valence-corrected chi connectivity index (χ1v) is 5.64. The van der Waals surface area contributed by atoms with Crippen LogP contribution in [0.4, 0.5) is 0 Å². The van der Waals surface area contributed by atoms with E-state index in [4.69, 9.17) is 0 Å². The summed E-state index contributed by atoms with van der Waals surface area (Å²) in [6, 6.07) is 11.4. The maximum absolute atomic E-state index is 11.2. The fourth-order valence-electron chi connectivity index (χ4n) is 1.71. The minimum Gasteiger partial charge on any atom is -0.507 e. The Labute approximate surface area is 100 Å². The number of phenolic OH excluding ortho intramolecular Hbond substituents is 1. The highest BCUT2D eigenvalue weighted by Crippen LogP contribution is 2.29. The minimum atomic E-state index is 0.0533. The Hall–Kier alpha value is -2.09. The van der Waals surface area contributed by atoms with Crippen LogP contribution in [-0.4, -0.2) is 10.9 Å². The first-order chi connectivity index (χ1) is 8.22. The van der Waals surface area contributed by atoms with Crippen LogP contribution in [0.2, 0.25) is 0 Å². The first-order valence-electron chi connectivity index (χ1n) is 5.64. The predicted molar refractivity (Wildman–Crippen MR) is 69.9 cm³/mol. The van der Waals surface area contributed by atoms with Gasteiger partial charge in [0.2, 0.25) is 0 Å². The molecule has 0 atom stereocenters. The number of phenols is 1. The van der Waals surface area contributed by atoms with Crippen LogP contribution in [0.15, 0.2) is 42.5 Å². The van der Waals surface area contributed by atoms with Crippen molar-refractivity contribution in [3.05, 3.63) is 48.0 Å². The first kappa shape index (κ1) is 11.4. The summed E-state index contributed by atoms with van der Waals surface area (Å²) < 4.78 is 0. The Morgan fingerprint density at radius 3 is 2.76 bits per heavy atom. The van der Waals surface area contributed by atoms with E-state index in [-0.39, 0.29) is 11.5 Å². The zero-order valence-corrected chi connectivity index (χ0v) is 9.68. The van der Waals surface area contributed by atoms with Crippen molar-refractivity contribution in [3.8, 4) is 5.75 Å². The Kier molecular flexibility index (Phi) is 3.24. The highest BCUT2D eigenvalue weighted by Gasteiger charge is 2.03. The molecule has 17 heavy (non-hydrogen) atoms. The number of ketones is 1. The fraction of sp³-hybridized carbons (Fsp3) is 0.133. The van der Waals surface area contributed by atoms with Crippen LogP contribution in [-0.2, 0) is 4.79 Å². The normalized spacial score (nSPS) is 11.1. The average Bonchev–Trinajstić information content (AvgIpc) is 2.38. The van der Waals surface area contributed by atoms with E-state index in [0.717, 1.165) is 10.8 Å². The molecule has 0 aromatic heterocycles. The largest absolute Gasteiger partial charge is 0.507 e. The molecular formula is C15H14O2.